The maximum Gasteiger partial charge on any atom is 0.282 e. The van der Waals surface area contributed by atoms with E-state index in [1.54, 1.807) is 6.92 Å². The van der Waals surface area contributed by atoms with Gasteiger partial charge in [0.05, 0.1) is 10.6 Å². The number of hydrogen-bond donors (Lipinski definition) is 2. The molecule has 0 spiro atoms. The van der Waals surface area contributed by atoms with Gasteiger partial charge in [-0.25, -0.2) is 9.66 Å². The largest absolute Gasteiger partial charge is 0.355 e. The Bertz CT molecular complexity index is 982. The lowest BCUT2D eigenvalue weighted by molar-refractivity contribution is -0.120. The number of hydrogen-bond acceptors (Lipinski definition) is 6. The van der Waals surface area contributed by atoms with Gasteiger partial charge in [0.1, 0.15) is 4.83 Å². The zero-order valence-electron chi connectivity index (χ0n) is 14.6. The molecule has 0 saturated heterocycles. The van der Waals surface area contributed by atoms with Crippen LogP contribution in [0.2, 0.25) is 0 Å². The molecule has 1 aromatic carbocycles. The summed E-state index contributed by atoms with van der Waals surface area (Å²) in [6.45, 7) is 4.39. The van der Waals surface area contributed by atoms with E-state index in [1.165, 1.54) is 23.1 Å². The highest BCUT2D eigenvalue weighted by molar-refractivity contribution is 8.00. The zero-order valence-corrected chi connectivity index (χ0v) is 16.2. The SMILES string of the molecule is CCCNC(=O)[C@@H](C)Sc1nc2scc(-c3ccccc3)c2c(=O)n1N. The number of nitrogens with one attached hydrogen (secondary N) is 1. The number of nitrogen functional groups attached to an aromatic ring is 1. The van der Waals surface area contributed by atoms with Crippen LogP contribution < -0.4 is 16.7 Å². The molecular formula is C18H20N4O2S2. The van der Waals surface area contributed by atoms with Gasteiger partial charge in [0.2, 0.25) is 5.91 Å². The van der Waals surface area contributed by atoms with Crippen LogP contribution in [0.1, 0.15) is 20.3 Å². The molecule has 0 aliphatic heterocycles. The zero-order chi connectivity index (χ0) is 18.7. The maximum atomic E-state index is 12.8. The topological polar surface area (TPSA) is 90.0 Å². The van der Waals surface area contributed by atoms with Gasteiger partial charge in [-0.1, -0.05) is 49.0 Å². The summed E-state index contributed by atoms with van der Waals surface area (Å²) in [6, 6.07) is 9.68. The lowest BCUT2D eigenvalue weighted by Crippen LogP contribution is -2.34. The average molecular weight is 389 g/mol. The molecule has 0 bridgehead atoms. The van der Waals surface area contributed by atoms with Crippen molar-refractivity contribution in [2.24, 2.45) is 0 Å². The van der Waals surface area contributed by atoms with Crippen LogP contribution in [-0.2, 0) is 4.79 Å². The molecule has 1 atom stereocenters. The van der Waals surface area contributed by atoms with E-state index in [9.17, 15) is 9.59 Å². The standard InChI is InChI=1S/C18H20N4O2S2/c1-3-9-20-15(23)11(2)26-18-21-16-14(17(24)22(18)19)13(10-25-16)12-7-5-4-6-8-12/h4-8,10-11H,3,9,19H2,1-2H3,(H,20,23)/t11-/m1/s1. The highest BCUT2D eigenvalue weighted by atomic mass is 32.2. The summed E-state index contributed by atoms with van der Waals surface area (Å²) in [7, 11) is 0. The lowest BCUT2D eigenvalue weighted by atomic mass is 10.1. The number of benzene rings is 1. The number of thiophene rings is 1. The van der Waals surface area contributed by atoms with Gasteiger partial charge in [0, 0.05) is 17.5 Å². The van der Waals surface area contributed by atoms with E-state index in [-0.39, 0.29) is 11.5 Å². The van der Waals surface area contributed by atoms with Gasteiger partial charge in [-0.3, -0.25) is 9.59 Å². The summed E-state index contributed by atoms with van der Waals surface area (Å²) in [4.78, 5) is 30.0. The van der Waals surface area contributed by atoms with Gasteiger partial charge in [-0.05, 0) is 18.9 Å². The lowest BCUT2D eigenvalue weighted by Gasteiger charge is -2.13. The van der Waals surface area contributed by atoms with E-state index in [0.29, 0.717) is 21.9 Å². The Kier molecular flexibility index (Phi) is 5.63. The number of amides is 1. The fourth-order valence-corrected chi connectivity index (χ4v) is 4.34. The third-order valence-corrected chi connectivity index (χ3v) is 5.83. The van der Waals surface area contributed by atoms with Crippen LogP contribution in [0.4, 0.5) is 0 Å². The van der Waals surface area contributed by atoms with Crippen molar-refractivity contribution in [2.45, 2.75) is 30.7 Å². The number of carbonyl (C=O) groups excluding carboxylic acids is 1. The first-order valence-corrected chi connectivity index (χ1v) is 10.1. The Hall–Kier alpha value is -2.32. The Balaban J connectivity index is 1.97. The van der Waals surface area contributed by atoms with Crippen LogP contribution in [0.5, 0.6) is 0 Å². The number of aromatic nitrogens is 2. The minimum atomic E-state index is -0.394. The van der Waals surface area contributed by atoms with Gasteiger partial charge >= 0.3 is 0 Å². The van der Waals surface area contributed by atoms with E-state index < -0.39 is 5.25 Å². The van der Waals surface area contributed by atoms with Crippen LogP contribution in [-0.4, -0.2) is 27.4 Å². The summed E-state index contributed by atoms with van der Waals surface area (Å²) < 4.78 is 1.04. The summed E-state index contributed by atoms with van der Waals surface area (Å²) in [5.74, 6) is 5.90. The minimum absolute atomic E-state index is 0.0950. The molecule has 2 aromatic heterocycles. The molecule has 0 saturated carbocycles. The van der Waals surface area contributed by atoms with Crippen LogP contribution in [0.15, 0.2) is 45.7 Å². The summed E-state index contributed by atoms with van der Waals surface area (Å²) >= 11 is 2.59. The first kappa shape index (κ1) is 18.5. The fourth-order valence-electron chi connectivity index (χ4n) is 2.50. The van der Waals surface area contributed by atoms with Crippen molar-refractivity contribution in [3.8, 4) is 11.1 Å². The molecule has 2 heterocycles. The molecule has 3 N–H and O–H groups in total. The molecule has 0 unspecified atom stereocenters. The Morgan fingerprint density at radius 1 is 1.38 bits per heavy atom. The average Bonchev–Trinajstić information content (AvgIpc) is 3.08. The number of carbonyl (C=O) groups is 1. The van der Waals surface area contributed by atoms with Crippen molar-refractivity contribution in [1.29, 1.82) is 0 Å². The Labute approximate surface area is 159 Å². The normalized spacial score (nSPS) is 12.2. The second kappa shape index (κ2) is 7.92. The molecule has 0 aliphatic rings. The smallest absolute Gasteiger partial charge is 0.282 e. The quantitative estimate of drug-likeness (QED) is 0.385. The first-order chi connectivity index (χ1) is 12.5. The Morgan fingerprint density at radius 2 is 2.12 bits per heavy atom. The highest BCUT2D eigenvalue weighted by Crippen LogP contribution is 2.32. The van der Waals surface area contributed by atoms with E-state index in [2.05, 4.69) is 10.3 Å². The summed E-state index contributed by atoms with van der Waals surface area (Å²) in [5.41, 5.74) is 1.47. The molecule has 0 radical (unpaired) electrons. The van der Waals surface area contributed by atoms with Crippen LogP contribution in [0.25, 0.3) is 21.3 Å². The van der Waals surface area contributed by atoms with Crippen molar-refractivity contribution in [1.82, 2.24) is 15.0 Å². The van der Waals surface area contributed by atoms with Gasteiger partial charge in [-0.15, -0.1) is 11.3 Å². The van der Waals surface area contributed by atoms with E-state index in [1.807, 2.05) is 42.6 Å². The van der Waals surface area contributed by atoms with E-state index in [0.717, 1.165) is 22.2 Å². The second-order valence-corrected chi connectivity index (χ2v) is 7.98. The predicted molar refractivity (Wildman–Crippen MR) is 108 cm³/mol. The molecular weight excluding hydrogens is 368 g/mol. The molecule has 8 heteroatoms. The van der Waals surface area contributed by atoms with Crippen molar-refractivity contribution in [3.63, 3.8) is 0 Å². The highest BCUT2D eigenvalue weighted by Gasteiger charge is 2.20. The van der Waals surface area contributed by atoms with Gasteiger partial charge < -0.3 is 11.2 Å². The molecule has 3 rings (SSSR count). The van der Waals surface area contributed by atoms with Crippen LogP contribution in [0, 0.1) is 0 Å². The van der Waals surface area contributed by atoms with E-state index in [4.69, 9.17) is 5.84 Å². The maximum absolute atomic E-state index is 12.8. The monoisotopic (exact) mass is 388 g/mol. The molecule has 136 valence electrons. The van der Waals surface area contributed by atoms with Gasteiger partial charge in [-0.2, -0.15) is 0 Å². The first-order valence-electron chi connectivity index (χ1n) is 8.32. The molecule has 6 nitrogen and oxygen atoms in total. The Morgan fingerprint density at radius 3 is 2.81 bits per heavy atom. The molecule has 0 aliphatic carbocycles. The number of rotatable bonds is 6. The number of thioether (sulfide) groups is 1. The van der Waals surface area contributed by atoms with Gasteiger partial charge in [0.25, 0.3) is 5.56 Å². The third kappa shape index (κ3) is 3.61. The predicted octanol–water partition coefficient (Wildman–Crippen LogP) is 2.85. The molecule has 26 heavy (non-hydrogen) atoms. The van der Waals surface area contributed by atoms with Crippen molar-refractivity contribution in [2.75, 3.05) is 12.4 Å². The number of nitrogens with two attached hydrogens (primary N) is 1. The van der Waals surface area contributed by atoms with Crippen molar-refractivity contribution >= 4 is 39.2 Å². The third-order valence-electron chi connectivity index (χ3n) is 3.89. The fraction of sp³-hybridized carbons (Fsp3) is 0.278. The number of fused-ring (bicyclic) bond motifs is 1. The molecule has 1 amide bonds. The molecule has 3 aromatic rings. The van der Waals surface area contributed by atoms with E-state index >= 15 is 0 Å². The molecule has 0 fully saturated rings. The summed E-state index contributed by atoms with van der Waals surface area (Å²) in [5, 5.41) is 5.21. The number of nitrogens with zero attached hydrogens (tertiary/aromatic N) is 2. The summed E-state index contributed by atoms with van der Waals surface area (Å²) in [6.07, 6.45) is 0.867. The minimum Gasteiger partial charge on any atom is -0.355 e. The van der Waals surface area contributed by atoms with Crippen molar-refractivity contribution in [3.05, 3.63) is 46.1 Å². The van der Waals surface area contributed by atoms with Gasteiger partial charge in [0.15, 0.2) is 5.16 Å². The van der Waals surface area contributed by atoms with Crippen LogP contribution in [0.3, 0.4) is 0 Å². The van der Waals surface area contributed by atoms with Crippen LogP contribution >= 0.6 is 23.1 Å². The van der Waals surface area contributed by atoms with Crippen molar-refractivity contribution < 1.29 is 4.79 Å². The second-order valence-electron chi connectivity index (χ2n) is 5.82.